The largest absolute Gasteiger partial charge is 0.523 e. The summed E-state index contributed by atoms with van der Waals surface area (Å²) in [6, 6.07) is 0. The zero-order valence-corrected chi connectivity index (χ0v) is 10.5. The summed E-state index contributed by atoms with van der Waals surface area (Å²) in [6.07, 6.45) is 1.92. The quantitative estimate of drug-likeness (QED) is 0.573. The molecule has 3 nitrogen and oxygen atoms in total. The lowest BCUT2D eigenvalue weighted by atomic mass is 9.76. The summed E-state index contributed by atoms with van der Waals surface area (Å²) in [5, 5.41) is 0. The molecule has 2 aliphatic rings. The monoisotopic (exact) mass is 272 g/mol. The first-order valence-electron chi connectivity index (χ1n) is 5.49. The van der Waals surface area contributed by atoms with Gasteiger partial charge < -0.3 is 0 Å². The Morgan fingerprint density at radius 3 is 2.24 bits per heavy atom. The Bertz CT molecular complexity index is 427. The highest BCUT2D eigenvalue weighted by molar-refractivity contribution is 7.87. The molecule has 17 heavy (non-hydrogen) atoms. The van der Waals surface area contributed by atoms with Gasteiger partial charge in [0.15, 0.2) is 0 Å². The van der Waals surface area contributed by atoms with Crippen LogP contribution in [0.2, 0.25) is 0 Å². The van der Waals surface area contributed by atoms with Crippen molar-refractivity contribution in [1.82, 2.24) is 0 Å². The van der Waals surface area contributed by atoms with Gasteiger partial charge in [-0.15, -0.1) is 0 Å². The summed E-state index contributed by atoms with van der Waals surface area (Å²) in [6.45, 7) is 3.89. The fraction of sp³-hybridized carbons (Fsp3) is 1.00. The van der Waals surface area contributed by atoms with E-state index in [-0.39, 0.29) is 11.3 Å². The van der Waals surface area contributed by atoms with Crippen LogP contribution in [0.25, 0.3) is 0 Å². The Kier molecular flexibility index (Phi) is 2.61. The lowest BCUT2D eigenvalue weighted by molar-refractivity contribution is -0.0664. The molecular weight excluding hydrogens is 257 g/mol. The summed E-state index contributed by atoms with van der Waals surface area (Å²) in [4.78, 5) is 0. The van der Waals surface area contributed by atoms with Crippen LogP contribution < -0.4 is 0 Å². The van der Waals surface area contributed by atoms with E-state index in [0.717, 1.165) is 6.42 Å². The molecule has 2 saturated carbocycles. The van der Waals surface area contributed by atoms with E-state index in [9.17, 15) is 21.6 Å². The Morgan fingerprint density at radius 1 is 1.29 bits per heavy atom. The van der Waals surface area contributed by atoms with Gasteiger partial charge in [-0.25, -0.2) is 0 Å². The fourth-order valence-electron chi connectivity index (χ4n) is 3.28. The average Bonchev–Trinajstić information content (AvgIpc) is 2.53. The minimum absolute atomic E-state index is 0.140. The molecule has 2 rings (SSSR count). The van der Waals surface area contributed by atoms with E-state index in [1.165, 1.54) is 0 Å². The first-order valence-corrected chi connectivity index (χ1v) is 6.90. The molecule has 2 atom stereocenters. The van der Waals surface area contributed by atoms with Crippen LogP contribution in [-0.2, 0) is 14.3 Å². The van der Waals surface area contributed by atoms with Gasteiger partial charge >= 0.3 is 15.6 Å². The van der Waals surface area contributed by atoms with Crippen molar-refractivity contribution in [3.8, 4) is 0 Å². The van der Waals surface area contributed by atoms with Crippen molar-refractivity contribution in [3.05, 3.63) is 0 Å². The van der Waals surface area contributed by atoms with Gasteiger partial charge in [-0.2, -0.15) is 21.6 Å². The van der Waals surface area contributed by atoms with Gasteiger partial charge in [0.05, 0.1) is 5.60 Å². The van der Waals surface area contributed by atoms with Crippen LogP contribution in [0, 0.1) is 11.3 Å². The van der Waals surface area contributed by atoms with Gasteiger partial charge in [-0.3, -0.25) is 4.18 Å². The van der Waals surface area contributed by atoms with Crippen molar-refractivity contribution in [3.63, 3.8) is 0 Å². The van der Waals surface area contributed by atoms with Crippen molar-refractivity contribution in [2.45, 2.75) is 50.6 Å². The summed E-state index contributed by atoms with van der Waals surface area (Å²) in [5.41, 5.74) is -6.59. The van der Waals surface area contributed by atoms with Crippen molar-refractivity contribution in [2.75, 3.05) is 0 Å². The van der Waals surface area contributed by atoms with Crippen LogP contribution >= 0.6 is 0 Å². The molecular formula is C10H15F3O3S. The molecule has 0 radical (unpaired) electrons. The van der Waals surface area contributed by atoms with Crippen molar-refractivity contribution in [1.29, 1.82) is 0 Å². The Balaban J connectivity index is 2.22. The van der Waals surface area contributed by atoms with Crippen LogP contribution in [0.1, 0.15) is 39.5 Å². The molecule has 2 unspecified atom stereocenters. The second kappa shape index (κ2) is 3.38. The highest BCUT2D eigenvalue weighted by Crippen LogP contribution is 2.60. The Hall–Kier alpha value is -0.300. The first-order chi connectivity index (χ1) is 7.48. The number of fused-ring (bicyclic) bond motifs is 2. The lowest BCUT2D eigenvalue weighted by Crippen LogP contribution is -2.38. The van der Waals surface area contributed by atoms with E-state index in [2.05, 4.69) is 4.18 Å². The predicted octanol–water partition coefficient (Wildman–Crippen LogP) is 2.82. The molecule has 0 amide bonds. The van der Waals surface area contributed by atoms with Crippen molar-refractivity contribution < 1.29 is 25.8 Å². The summed E-state index contributed by atoms with van der Waals surface area (Å²) in [5.74, 6) is 0.255. The standard InChI is InChI=1S/C10H15F3O3S/c1-8(2)6-9(4-3-7(8)5-9)16-17(14,15)10(11,12)13/h7H,3-6H2,1-2H3. The number of rotatable bonds is 2. The molecule has 0 heterocycles. The molecule has 2 fully saturated rings. The van der Waals surface area contributed by atoms with Gasteiger partial charge in [0.1, 0.15) is 0 Å². The molecule has 2 bridgehead atoms. The number of hydrogen-bond donors (Lipinski definition) is 0. The van der Waals surface area contributed by atoms with Gasteiger partial charge in [0.25, 0.3) is 0 Å². The molecule has 100 valence electrons. The van der Waals surface area contributed by atoms with E-state index in [0.29, 0.717) is 19.3 Å². The topological polar surface area (TPSA) is 43.4 Å². The van der Waals surface area contributed by atoms with Gasteiger partial charge in [-0.05, 0) is 37.0 Å². The predicted molar refractivity (Wildman–Crippen MR) is 54.5 cm³/mol. The zero-order valence-electron chi connectivity index (χ0n) is 9.67. The maximum Gasteiger partial charge on any atom is 0.523 e. The molecule has 0 aromatic carbocycles. The smallest absolute Gasteiger partial charge is 0.256 e. The number of alkyl halides is 3. The van der Waals surface area contributed by atoms with Crippen LogP contribution in [0.15, 0.2) is 0 Å². The second-order valence-electron chi connectivity index (χ2n) is 5.77. The Morgan fingerprint density at radius 2 is 1.88 bits per heavy atom. The molecule has 0 aromatic rings. The third-order valence-electron chi connectivity index (χ3n) is 4.02. The van der Waals surface area contributed by atoms with E-state index in [1.807, 2.05) is 13.8 Å². The molecule has 0 aliphatic heterocycles. The van der Waals surface area contributed by atoms with E-state index >= 15 is 0 Å². The number of halogens is 3. The van der Waals surface area contributed by atoms with Crippen LogP contribution in [-0.4, -0.2) is 19.5 Å². The number of hydrogen-bond acceptors (Lipinski definition) is 3. The van der Waals surface area contributed by atoms with Gasteiger partial charge in [-0.1, -0.05) is 13.8 Å². The summed E-state index contributed by atoms with van der Waals surface area (Å²) >= 11 is 0. The second-order valence-corrected chi connectivity index (χ2v) is 7.31. The highest BCUT2D eigenvalue weighted by atomic mass is 32.2. The first kappa shape index (κ1) is 13.1. The molecule has 7 heteroatoms. The summed E-state index contributed by atoms with van der Waals surface area (Å²) < 4.78 is 63.5. The van der Waals surface area contributed by atoms with Crippen molar-refractivity contribution >= 4 is 10.1 Å². The van der Waals surface area contributed by atoms with Crippen LogP contribution in [0.5, 0.6) is 0 Å². The van der Waals surface area contributed by atoms with Crippen LogP contribution in [0.4, 0.5) is 13.2 Å². The zero-order chi connectivity index (χ0) is 13.1. The minimum atomic E-state index is -5.48. The maximum atomic E-state index is 12.3. The Labute approximate surface area is 98.5 Å². The molecule has 2 aliphatic carbocycles. The van der Waals surface area contributed by atoms with Gasteiger partial charge in [0.2, 0.25) is 0 Å². The SMILES string of the molecule is CC1(C)CC2(OS(=O)(=O)C(F)(F)F)CCC1C2. The third kappa shape index (κ3) is 2.07. The molecule has 0 spiro atoms. The average molecular weight is 272 g/mol. The molecule has 0 N–H and O–H groups in total. The lowest BCUT2D eigenvalue weighted by Gasteiger charge is -2.34. The maximum absolute atomic E-state index is 12.3. The van der Waals surface area contributed by atoms with E-state index < -0.39 is 21.2 Å². The molecule has 0 saturated heterocycles. The highest BCUT2D eigenvalue weighted by Gasteiger charge is 2.60. The van der Waals surface area contributed by atoms with Gasteiger partial charge in [0, 0.05) is 0 Å². The van der Waals surface area contributed by atoms with E-state index in [4.69, 9.17) is 0 Å². The normalized spacial score (nSPS) is 36.4. The molecule has 0 aromatic heterocycles. The minimum Gasteiger partial charge on any atom is -0.256 e. The van der Waals surface area contributed by atoms with Crippen LogP contribution in [0.3, 0.4) is 0 Å². The van der Waals surface area contributed by atoms with E-state index in [1.54, 1.807) is 0 Å². The van der Waals surface area contributed by atoms with Crippen molar-refractivity contribution in [2.24, 2.45) is 11.3 Å². The fourth-order valence-corrected chi connectivity index (χ4v) is 4.05. The third-order valence-corrected chi connectivity index (χ3v) is 5.16. The summed E-state index contributed by atoms with van der Waals surface area (Å²) in [7, 11) is -5.48.